The van der Waals surface area contributed by atoms with E-state index in [1.807, 2.05) is 11.5 Å². The summed E-state index contributed by atoms with van der Waals surface area (Å²) in [5.41, 5.74) is 1.31. The minimum atomic E-state index is -0.629. The van der Waals surface area contributed by atoms with E-state index in [2.05, 4.69) is 15.5 Å². The highest BCUT2D eigenvalue weighted by atomic mass is 35.5. The number of nitrogens with one attached hydrogen (secondary N) is 1. The summed E-state index contributed by atoms with van der Waals surface area (Å²) in [5, 5.41) is 12.6. The smallest absolute Gasteiger partial charge is 0.341 e. The molecule has 0 saturated heterocycles. The summed E-state index contributed by atoms with van der Waals surface area (Å²) in [5.74, 6) is -0.106. The molecule has 192 valence electrons. The number of carbonyl (C=O) groups is 3. The number of thioether (sulfide) groups is 1. The molecule has 0 fully saturated rings. The summed E-state index contributed by atoms with van der Waals surface area (Å²) in [4.78, 5) is 39.5. The van der Waals surface area contributed by atoms with E-state index in [1.54, 1.807) is 46.3 Å². The monoisotopic (exact) mass is 551 g/mol. The summed E-state index contributed by atoms with van der Waals surface area (Å²) in [6.45, 7) is 4.14. The van der Waals surface area contributed by atoms with Gasteiger partial charge in [-0.05, 0) is 37.6 Å². The van der Waals surface area contributed by atoms with Gasteiger partial charge in [0.25, 0.3) is 5.91 Å². The maximum absolute atomic E-state index is 12.8. The molecular formula is C23H26ClN5O5S2. The molecule has 36 heavy (non-hydrogen) atoms. The molecular weight excluding hydrogens is 526 g/mol. The molecule has 0 unspecified atom stereocenters. The summed E-state index contributed by atoms with van der Waals surface area (Å²) in [6, 6.07) is 5.23. The molecule has 1 aromatic carbocycles. The van der Waals surface area contributed by atoms with E-state index in [4.69, 9.17) is 21.1 Å². The molecule has 0 atom stereocenters. The Labute approximate surface area is 221 Å². The normalized spacial score (nSPS) is 10.8. The Kier molecular flexibility index (Phi) is 8.98. The number of rotatable bonds is 9. The highest BCUT2D eigenvalue weighted by molar-refractivity contribution is 7.99. The Hall–Kier alpha value is -3.09. The van der Waals surface area contributed by atoms with Crippen LogP contribution in [0.3, 0.4) is 0 Å². The molecule has 2 amide bonds. The van der Waals surface area contributed by atoms with Crippen LogP contribution in [0.5, 0.6) is 5.75 Å². The predicted octanol–water partition coefficient (Wildman–Crippen LogP) is 4.22. The van der Waals surface area contributed by atoms with Crippen molar-refractivity contribution in [3.8, 4) is 17.1 Å². The zero-order chi connectivity index (χ0) is 26.6. The summed E-state index contributed by atoms with van der Waals surface area (Å²) < 4.78 is 12.2. The molecule has 3 aromatic rings. The molecule has 0 spiro atoms. The third-order valence-corrected chi connectivity index (χ3v) is 7.55. The van der Waals surface area contributed by atoms with Crippen LogP contribution in [-0.2, 0) is 16.1 Å². The Morgan fingerprint density at radius 3 is 2.56 bits per heavy atom. The number of benzene rings is 1. The molecule has 13 heteroatoms. The molecule has 0 aliphatic carbocycles. The molecule has 1 N–H and O–H groups in total. The van der Waals surface area contributed by atoms with Crippen LogP contribution in [0, 0.1) is 6.92 Å². The lowest BCUT2D eigenvalue weighted by atomic mass is 10.1. The van der Waals surface area contributed by atoms with E-state index < -0.39 is 5.97 Å². The summed E-state index contributed by atoms with van der Waals surface area (Å²) >= 11 is 8.40. The molecule has 2 heterocycles. The molecule has 3 rings (SSSR count). The van der Waals surface area contributed by atoms with Gasteiger partial charge < -0.3 is 24.3 Å². The Balaban J connectivity index is 1.82. The van der Waals surface area contributed by atoms with Crippen LogP contribution in [0.1, 0.15) is 32.5 Å². The van der Waals surface area contributed by atoms with Gasteiger partial charge in [0.15, 0.2) is 11.0 Å². The fourth-order valence-electron chi connectivity index (χ4n) is 3.38. The Morgan fingerprint density at radius 1 is 1.22 bits per heavy atom. The number of halogens is 1. The maximum Gasteiger partial charge on any atom is 0.341 e. The number of ether oxygens (including phenoxy) is 2. The van der Waals surface area contributed by atoms with Crippen LogP contribution in [0.2, 0.25) is 5.02 Å². The second-order valence-electron chi connectivity index (χ2n) is 7.68. The van der Waals surface area contributed by atoms with E-state index >= 15 is 0 Å². The number of methoxy groups -OCH3 is 2. The van der Waals surface area contributed by atoms with Crippen molar-refractivity contribution >= 4 is 57.5 Å². The largest absolute Gasteiger partial charge is 0.496 e. The van der Waals surface area contributed by atoms with Gasteiger partial charge in [-0.2, -0.15) is 0 Å². The molecule has 0 bridgehead atoms. The quantitative estimate of drug-likeness (QED) is 0.310. The molecule has 0 aliphatic heterocycles. The van der Waals surface area contributed by atoms with Gasteiger partial charge in [-0.1, -0.05) is 23.4 Å². The first-order chi connectivity index (χ1) is 17.1. The Bertz CT molecular complexity index is 1300. The van der Waals surface area contributed by atoms with E-state index in [1.165, 1.54) is 23.8 Å². The summed E-state index contributed by atoms with van der Waals surface area (Å²) in [7, 11) is 6.04. The fourth-order valence-corrected chi connectivity index (χ4v) is 5.59. The van der Waals surface area contributed by atoms with E-state index in [-0.39, 0.29) is 28.1 Å². The average molecular weight is 552 g/mol. The van der Waals surface area contributed by atoms with Crippen molar-refractivity contribution in [2.45, 2.75) is 25.5 Å². The SMILES string of the molecule is CCn1c(SCC(=O)Nc2sc(C(=O)N(C)C)c(C)c2C(=O)OC)nnc1-c1cc(Cl)ccc1OC. The van der Waals surface area contributed by atoms with Crippen molar-refractivity contribution < 1.29 is 23.9 Å². The van der Waals surface area contributed by atoms with Gasteiger partial charge in [0.2, 0.25) is 5.91 Å². The van der Waals surface area contributed by atoms with Crippen molar-refractivity contribution in [2.24, 2.45) is 0 Å². The number of aromatic nitrogens is 3. The van der Waals surface area contributed by atoms with E-state index in [9.17, 15) is 14.4 Å². The minimum absolute atomic E-state index is 0.000660. The second kappa shape index (κ2) is 11.8. The lowest BCUT2D eigenvalue weighted by Gasteiger charge is -2.11. The van der Waals surface area contributed by atoms with Crippen molar-refractivity contribution in [2.75, 3.05) is 39.4 Å². The lowest BCUT2D eigenvalue weighted by Crippen LogP contribution is -2.21. The summed E-state index contributed by atoms with van der Waals surface area (Å²) in [6.07, 6.45) is 0. The number of nitrogens with zero attached hydrogens (tertiary/aromatic N) is 4. The molecule has 0 saturated carbocycles. The van der Waals surface area contributed by atoms with Crippen LogP contribution >= 0.6 is 34.7 Å². The van der Waals surface area contributed by atoms with Gasteiger partial charge >= 0.3 is 5.97 Å². The van der Waals surface area contributed by atoms with E-state index in [0.29, 0.717) is 44.3 Å². The van der Waals surface area contributed by atoms with Gasteiger partial charge in [0.1, 0.15) is 10.8 Å². The topological polar surface area (TPSA) is 116 Å². The molecule has 0 aliphatic rings. The fraction of sp³-hybridized carbons (Fsp3) is 0.348. The predicted molar refractivity (Wildman–Crippen MR) is 140 cm³/mol. The highest BCUT2D eigenvalue weighted by Crippen LogP contribution is 2.35. The molecule has 10 nitrogen and oxygen atoms in total. The standard InChI is InChI=1S/C23H26ClN5O5S2/c1-7-29-19(14-10-13(24)8-9-15(14)33-5)26-27-23(29)35-11-16(30)25-20-17(22(32)34-6)12(2)18(36-20)21(31)28(3)4/h8-10H,7,11H2,1-6H3,(H,25,30). The zero-order valence-corrected chi connectivity index (χ0v) is 23.1. The van der Waals surface area contributed by atoms with Crippen molar-refractivity contribution in [3.05, 3.63) is 39.2 Å². The maximum atomic E-state index is 12.8. The van der Waals surface area contributed by atoms with Crippen LogP contribution < -0.4 is 10.1 Å². The number of carbonyl (C=O) groups excluding carboxylic acids is 3. The van der Waals surface area contributed by atoms with Crippen LogP contribution in [0.25, 0.3) is 11.4 Å². The van der Waals surface area contributed by atoms with E-state index in [0.717, 1.165) is 11.3 Å². The van der Waals surface area contributed by atoms with Gasteiger partial charge in [0.05, 0.1) is 36.0 Å². The van der Waals surface area contributed by atoms with Gasteiger partial charge in [-0.15, -0.1) is 21.5 Å². The average Bonchev–Trinajstić information content (AvgIpc) is 3.41. The van der Waals surface area contributed by atoms with Crippen molar-refractivity contribution in [1.29, 1.82) is 0 Å². The highest BCUT2D eigenvalue weighted by Gasteiger charge is 2.27. The third-order valence-electron chi connectivity index (χ3n) is 5.16. The first-order valence-corrected chi connectivity index (χ1v) is 12.9. The number of hydrogen-bond donors (Lipinski definition) is 1. The third kappa shape index (κ3) is 5.66. The van der Waals surface area contributed by atoms with Crippen molar-refractivity contribution in [3.63, 3.8) is 0 Å². The minimum Gasteiger partial charge on any atom is -0.496 e. The first kappa shape index (κ1) is 27.5. The van der Waals surface area contributed by atoms with Gasteiger partial charge in [-0.3, -0.25) is 9.59 Å². The van der Waals surface area contributed by atoms with Gasteiger partial charge in [0, 0.05) is 25.7 Å². The number of anilines is 1. The van der Waals surface area contributed by atoms with Crippen molar-refractivity contribution in [1.82, 2.24) is 19.7 Å². The second-order valence-corrected chi connectivity index (χ2v) is 10.1. The number of esters is 1. The van der Waals surface area contributed by atoms with Crippen LogP contribution in [0.15, 0.2) is 23.4 Å². The molecule has 0 radical (unpaired) electrons. The zero-order valence-electron chi connectivity index (χ0n) is 20.7. The Morgan fingerprint density at radius 2 is 1.94 bits per heavy atom. The lowest BCUT2D eigenvalue weighted by molar-refractivity contribution is -0.113. The molecule has 2 aromatic heterocycles. The van der Waals surface area contributed by atoms with Crippen LogP contribution in [-0.4, -0.2) is 71.5 Å². The van der Waals surface area contributed by atoms with Crippen LogP contribution in [0.4, 0.5) is 5.00 Å². The number of hydrogen-bond acceptors (Lipinski definition) is 9. The number of thiophene rings is 1. The number of amides is 2. The first-order valence-electron chi connectivity index (χ1n) is 10.8. The van der Waals surface area contributed by atoms with Gasteiger partial charge in [-0.25, -0.2) is 4.79 Å².